The first-order valence-electron chi connectivity index (χ1n) is 5.17. The van der Waals surface area contributed by atoms with E-state index in [1.807, 2.05) is 0 Å². The highest BCUT2D eigenvalue weighted by atomic mass is 32.1. The topological polar surface area (TPSA) is 43.2 Å². The Morgan fingerprint density at radius 3 is 1.50 bits per heavy atom. The summed E-state index contributed by atoms with van der Waals surface area (Å²) >= 11 is 8.74. The minimum Gasteiger partial charge on any atom is -0.376 e. The molecule has 6 heteroatoms. The first kappa shape index (κ1) is 13.6. The van der Waals surface area contributed by atoms with Gasteiger partial charge in [-0.05, 0) is 37.3 Å². The lowest BCUT2D eigenvalue weighted by molar-refractivity contribution is -0.0432. The third-order valence-corrected chi connectivity index (χ3v) is 2.56. The normalized spacial score (nSPS) is 25.8. The third kappa shape index (κ3) is 5.56. The number of hydrogen-bond donors (Lipinski definition) is 0. The number of hydrogen-bond acceptors (Lipinski definition) is 6. The van der Waals surface area contributed by atoms with E-state index in [4.69, 9.17) is 9.47 Å². The van der Waals surface area contributed by atoms with Crippen LogP contribution in [0.5, 0.6) is 0 Å². The van der Waals surface area contributed by atoms with Crippen LogP contribution in [0.15, 0.2) is 9.98 Å². The Bertz CT molecular complexity index is 261. The molecule has 0 aromatic rings. The molecule has 2 rings (SSSR count). The van der Waals surface area contributed by atoms with Crippen LogP contribution >= 0.6 is 24.4 Å². The summed E-state index contributed by atoms with van der Waals surface area (Å²) in [5.41, 5.74) is 0. The Balaban J connectivity index is 0.000000160. The number of isothiocyanates is 2. The van der Waals surface area contributed by atoms with E-state index in [1.165, 1.54) is 0 Å². The van der Waals surface area contributed by atoms with E-state index in [0.717, 1.165) is 26.1 Å². The maximum Gasteiger partial charge on any atom is 0.0800 e. The number of rotatable bonds is 4. The van der Waals surface area contributed by atoms with Crippen LogP contribution in [0.2, 0.25) is 0 Å². The Kier molecular flexibility index (Phi) is 7.34. The van der Waals surface area contributed by atoms with Crippen LogP contribution in [-0.4, -0.2) is 48.8 Å². The Morgan fingerprint density at radius 1 is 0.938 bits per heavy atom. The fraction of sp³-hybridized carbons (Fsp3) is 0.800. The molecule has 0 aromatic heterocycles. The summed E-state index contributed by atoms with van der Waals surface area (Å²) in [5.74, 6) is 0. The fourth-order valence-electron chi connectivity index (χ4n) is 1.14. The molecule has 2 aliphatic heterocycles. The summed E-state index contributed by atoms with van der Waals surface area (Å²) in [6, 6.07) is 0. The average molecular weight is 258 g/mol. The first-order chi connectivity index (χ1) is 7.86. The molecule has 2 aliphatic rings. The van der Waals surface area contributed by atoms with Gasteiger partial charge in [0.15, 0.2) is 0 Å². The smallest absolute Gasteiger partial charge is 0.0800 e. The zero-order valence-corrected chi connectivity index (χ0v) is 10.6. The van der Waals surface area contributed by atoms with Gasteiger partial charge in [0, 0.05) is 13.2 Å². The van der Waals surface area contributed by atoms with Crippen LogP contribution < -0.4 is 0 Å². The average Bonchev–Trinajstić information content (AvgIpc) is 2.15. The van der Waals surface area contributed by atoms with Crippen LogP contribution in [0, 0.1) is 0 Å². The molecular formula is C10H14N2O2S2. The molecular weight excluding hydrogens is 244 g/mol. The Morgan fingerprint density at radius 2 is 1.31 bits per heavy atom. The van der Waals surface area contributed by atoms with E-state index in [-0.39, 0.29) is 0 Å². The zero-order chi connectivity index (χ0) is 11.6. The van der Waals surface area contributed by atoms with Crippen LogP contribution in [0.4, 0.5) is 0 Å². The maximum absolute atomic E-state index is 5.05. The molecule has 2 fully saturated rings. The first-order valence-corrected chi connectivity index (χ1v) is 5.99. The second-order valence-corrected chi connectivity index (χ2v) is 3.79. The van der Waals surface area contributed by atoms with Gasteiger partial charge in [-0.25, -0.2) is 9.98 Å². The van der Waals surface area contributed by atoms with Crippen molar-refractivity contribution in [3.05, 3.63) is 0 Å². The van der Waals surface area contributed by atoms with Crippen LogP contribution in [0.1, 0.15) is 12.8 Å². The molecule has 0 spiro atoms. The molecule has 0 saturated carbocycles. The van der Waals surface area contributed by atoms with Crippen molar-refractivity contribution in [2.45, 2.75) is 25.0 Å². The van der Waals surface area contributed by atoms with Crippen LogP contribution in [0.25, 0.3) is 0 Å². The van der Waals surface area contributed by atoms with Gasteiger partial charge in [-0.2, -0.15) is 0 Å². The highest BCUT2D eigenvalue weighted by Gasteiger charge is 2.16. The van der Waals surface area contributed by atoms with Gasteiger partial charge < -0.3 is 9.47 Å². The Hall–Kier alpha value is -0.480. The predicted octanol–water partition coefficient (Wildman–Crippen LogP) is 1.76. The second kappa shape index (κ2) is 8.65. The van der Waals surface area contributed by atoms with Crippen molar-refractivity contribution >= 4 is 34.8 Å². The largest absolute Gasteiger partial charge is 0.376 e. The second-order valence-electron chi connectivity index (χ2n) is 3.43. The molecule has 0 radical (unpaired) electrons. The third-order valence-electron chi connectivity index (χ3n) is 2.31. The standard InChI is InChI=1S/2C5H7NOS/c2*8-4-6-3-5-1-2-7-5/h2*5H,1-3H2/t2*5-/m10/s1. The number of ether oxygens (including phenoxy) is 2. The van der Waals surface area contributed by atoms with Gasteiger partial charge in [-0.15, -0.1) is 0 Å². The van der Waals surface area contributed by atoms with Crippen LogP contribution in [0.3, 0.4) is 0 Å². The highest BCUT2D eigenvalue weighted by molar-refractivity contribution is 7.78. The molecule has 4 nitrogen and oxygen atoms in total. The van der Waals surface area contributed by atoms with E-state index in [2.05, 4.69) is 44.7 Å². The van der Waals surface area contributed by atoms with Crippen molar-refractivity contribution in [2.24, 2.45) is 9.98 Å². The van der Waals surface area contributed by atoms with E-state index in [0.29, 0.717) is 25.3 Å². The minimum atomic E-state index is 0.338. The molecule has 2 saturated heterocycles. The monoisotopic (exact) mass is 258 g/mol. The van der Waals surface area contributed by atoms with Crippen molar-refractivity contribution in [3.63, 3.8) is 0 Å². The fourth-order valence-corrected chi connectivity index (χ4v) is 1.28. The summed E-state index contributed by atoms with van der Waals surface area (Å²) in [6.45, 7) is 3.17. The van der Waals surface area contributed by atoms with Crippen molar-refractivity contribution in [3.8, 4) is 0 Å². The molecule has 2 atom stereocenters. The maximum atomic E-state index is 5.05. The Labute approximate surface area is 106 Å². The lowest BCUT2D eigenvalue weighted by atomic mass is 10.2. The predicted molar refractivity (Wildman–Crippen MR) is 68.5 cm³/mol. The van der Waals surface area contributed by atoms with E-state index in [1.54, 1.807) is 0 Å². The lowest BCUT2D eigenvalue weighted by Crippen LogP contribution is -2.29. The SMILES string of the molecule is S=C=NC[C@@H]1CCO1.S=C=NC[C@H]1CCO1. The van der Waals surface area contributed by atoms with E-state index in [9.17, 15) is 0 Å². The molecule has 0 N–H and O–H groups in total. The van der Waals surface area contributed by atoms with Gasteiger partial charge in [0.25, 0.3) is 0 Å². The summed E-state index contributed by atoms with van der Waals surface area (Å²) in [7, 11) is 0. The van der Waals surface area contributed by atoms with Crippen molar-refractivity contribution in [1.82, 2.24) is 0 Å². The molecule has 0 amide bonds. The van der Waals surface area contributed by atoms with Gasteiger partial charge in [-0.1, -0.05) is 0 Å². The molecule has 16 heavy (non-hydrogen) atoms. The van der Waals surface area contributed by atoms with Gasteiger partial charge >= 0.3 is 0 Å². The highest BCUT2D eigenvalue weighted by Crippen LogP contribution is 2.10. The molecule has 0 aromatic carbocycles. The summed E-state index contributed by atoms with van der Waals surface area (Å²) in [4.78, 5) is 7.47. The van der Waals surface area contributed by atoms with Crippen molar-refractivity contribution < 1.29 is 9.47 Å². The number of aliphatic imine (C=N–C) groups is 2. The molecule has 0 unspecified atom stereocenters. The van der Waals surface area contributed by atoms with Crippen molar-refractivity contribution in [2.75, 3.05) is 26.3 Å². The summed E-state index contributed by atoms with van der Waals surface area (Å²) < 4.78 is 10.1. The van der Waals surface area contributed by atoms with E-state index < -0.39 is 0 Å². The lowest BCUT2D eigenvalue weighted by Gasteiger charge is -2.23. The summed E-state index contributed by atoms with van der Waals surface area (Å²) in [5, 5.41) is 4.59. The quantitative estimate of drug-likeness (QED) is 0.569. The number of nitrogens with zero attached hydrogens (tertiary/aromatic N) is 2. The zero-order valence-electron chi connectivity index (χ0n) is 8.92. The van der Waals surface area contributed by atoms with Crippen molar-refractivity contribution in [1.29, 1.82) is 0 Å². The van der Waals surface area contributed by atoms with Gasteiger partial charge in [-0.3, -0.25) is 0 Å². The van der Waals surface area contributed by atoms with E-state index >= 15 is 0 Å². The van der Waals surface area contributed by atoms with Crippen LogP contribution in [-0.2, 0) is 9.47 Å². The molecule has 2 heterocycles. The minimum absolute atomic E-state index is 0.338. The molecule has 0 aliphatic carbocycles. The number of thiocarbonyl (C=S) groups is 2. The summed E-state index contributed by atoms with van der Waals surface area (Å²) in [6.07, 6.45) is 2.93. The van der Waals surface area contributed by atoms with Gasteiger partial charge in [0.2, 0.25) is 0 Å². The van der Waals surface area contributed by atoms with Gasteiger partial charge in [0.05, 0.1) is 35.6 Å². The van der Waals surface area contributed by atoms with Gasteiger partial charge in [0.1, 0.15) is 0 Å². The molecule has 88 valence electrons. The molecule has 0 bridgehead atoms.